The van der Waals surface area contributed by atoms with Gasteiger partial charge in [0.25, 0.3) is 0 Å². The topological polar surface area (TPSA) is 26.0 Å². The van der Waals surface area contributed by atoms with Gasteiger partial charge in [-0.25, -0.2) is 0 Å². The number of nitrogens with two attached hydrogens (primary N) is 1. The zero-order valence-corrected chi connectivity index (χ0v) is 12.3. The molecule has 0 aliphatic carbocycles. The van der Waals surface area contributed by atoms with E-state index in [0.29, 0.717) is 5.41 Å². The number of rotatable bonds is 4. The summed E-state index contributed by atoms with van der Waals surface area (Å²) in [7, 11) is 0. The van der Waals surface area contributed by atoms with Gasteiger partial charge in [0.05, 0.1) is 0 Å². The third-order valence-electron chi connectivity index (χ3n) is 3.63. The van der Waals surface area contributed by atoms with Gasteiger partial charge in [-0.1, -0.05) is 63.2 Å². The van der Waals surface area contributed by atoms with E-state index in [1.807, 2.05) is 0 Å². The maximum absolute atomic E-state index is 6.30. The molecule has 1 nitrogen and oxygen atoms in total. The highest BCUT2D eigenvalue weighted by molar-refractivity contribution is 5.85. The lowest BCUT2D eigenvalue weighted by Gasteiger charge is -2.21. The van der Waals surface area contributed by atoms with E-state index in [9.17, 15) is 0 Å². The van der Waals surface area contributed by atoms with Gasteiger partial charge in [0.15, 0.2) is 0 Å². The van der Waals surface area contributed by atoms with Gasteiger partial charge in [0.2, 0.25) is 0 Å². The zero-order valence-electron chi connectivity index (χ0n) is 12.3. The van der Waals surface area contributed by atoms with E-state index >= 15 is 0 Å². The molecule has 0 saturated carbocycles. The van der Waals surface area contributed by atoms with E-state index in [-0.39, 0.29) is 6.04 Å². The molecule has 0 bridgehead atoms. The highest BCUT2D eigenvalue weighted by Gasteiger charge is 2.13. The summed E-state index contributed by atoms with van der Waals surface area (Å²) in [6, 6.07) is 15.3. The van der Waals surface area contributed by atoms with Crippen molar-refractivity contribution in [2.45, 2.75) is 46.1 Å². The van der Waals surface area contributed by atoms with Crippen molar-refractivity contribution >= 4 is 10.8 Å². The van der Waals surface area contributed by atoms with Crippen LogP contribution in [0.4, 0.5) is 0 Å². The molecule has 1 heteroatoms. The van der Waals surface area contributed by atoms with Gasteiger partial charge in [-0.2, -0.15) is 0 Å². The van der Waals surface area contributed by atoms with Crippen LogP contribution in [-0.4, -0.2) is 6.04 Å². The summed E-state index contributed by atoms with van der Waals surface area (Å²) in [5, 5.41) is 2.65. The molecule has 1 atom stereocenters. The largest absolute Gasteiger partial charge is 0.327 e. The average molecular weight is 255 g/mol. The molecule has 0 aliphatic heterocycles. The summed E-state index contributed by atoms with van der Waals surface area (Å²) >= 11 is 0. The lowest BCUT2D eigenvalue weighted by atomic mass is 9.87. The zero-order chi connectivity index (χ0) is 13.9. The van der Waals surface area contributed by atoms with Crippen LogP contribution in [0.1, 0.15) is 39.2 Å². The number of benzene rings is 2. The first-order valence-corrected chi connectivity index (χ1v) is 7.18. The Morgan fingerprint density at radius 1 is 1.00 bits per heavy atom. The third-order valence-corrected chi connectivity index (χ3v) is 3.63. The van der Waals surface area contributed by atoms with Gasteiger partial charge < -0.3 is 5.73 Å². The normalized spacial score (nSPS) is 13.7. The Morgan fingerprint density at radius 2 is 1.68 bits per heavy atom. The Hall–Kier alpha value is -1.34. The quantitative estimate of drug-likeness (QED) is 0.853. The molecule has 0 aromatic heterocycles. The molecule has 2 rings (SSSR count). The van der Waals surface area contributed by atoms with Gasteiger partial charge in [-0.3, -0.25) is 0 Å². The molecule has 1 unspecified atom stereocenters. The van der Waals surface area contributed by atoms with Crippen molar-refractivity contribution in [2.24, 2.45) is 11.1 Å². The van der Waals surface area contributed by atoms with Crippen LogP contribution in [0.3, 0.4) is 0 Å². The minimum absolute atomic E-state index is 0.255. The van der Waals surface area contributed by atoms with E-state index in [2.05, 4.69) is 63.2 Å². The number of fused-ring (bicyclic) bond motifs is 1. The molecule has 2 aromatic carbocycles. The van der Waals surface area contributed by atoms with Crippen LogP contribution in [0.5, 0.6) is 0 Å². The fourth-order valence-corrected chi connectivity index (χ4v) is 2.47. The molecule has 0 amide bonds. The second-order valence-electron chi connectivity index (χ2n) is 6.70. The van der Waals surface area contributed by atoms with Gasteiger partial charge in [-0.15, -0.1) is 0 Å². The SMILES string of the molecule is CC(C)(C)CCC(N)Cc1cccc2ccccc12. The molecular weight excluding hydrogens is 230 g/mol. The van der Waals surface area contributed by atoms with Gasteiger partial charge >= 0.3 is 0 Å². The van der Waals surface area contributed by atoms with E-state index in [1.54, 1.807) is 0 Å². The molecule has 0 aliphatic rings. The predicted octanol–water partition coefficient (Wildman–Crippen LogP) is 4.54. The van der Waals surface area contributed by atoms with E-state index in [1.165, 1.54) is 22.8 Å². The Kier molecular flexibility index (Phi) is 4.26. The highest BCUT2D eigenvalue weighted by Crippen LogP contribution is 2.24. The monoisotopic (exact) mass is 255 g/mol. The molecular formula is C18H25N. The third kappa shape index (κ3) is 4.07. The Bertz CT molecular complexity index is 531. The summed E-state index contributed by atoms with van der Waals surface area (Å²) in [6.07, 6.45) is 3.24. The minimum atomic E-state index is 0.255. The summed E-state index contributed by atoms with van der Waals surface area (Å²) in [4.78, 5) is 0. The van der Waals surface area contributed by atoms with Crippen molar-refractivity contribution < 1.29 is 0 Å². The van der Waals surface area contributed by atoms with Crippen LogP contribution in [0, 0.1) is 5.41 Å². The van der Waals surface area contributed by atoms with Crippen molar-refractivity contribution in [1.82, 2.24) is 0 Å². The first-order valence-electron chi connectivity index (χ1n) is 7.18. The fourth-order valence-electron chi connectivity index (χ4n) is 2.47. The second-order valence-corrected chi connectivity index (χ2v) is 6.70. The number of hydrogen-bond acceptors (Lipinski definition) is 1. The molecule has 0 heterocycles. The standard InChI is InChI=1S/C18H25N/c1-18(2,3)12-11-16(19)13-15-9-6-8-14-7-4-5-10-17(14)15/h4-10,16H,11-13,19H2,1-3H3. The molecule has 0 fully saturated rings. The van der Waals surface area contributed by atoms with Crippen LogP contribution in [0.15, 0.2) is 42.5 Å². The Morgan fingerprint density at radius 3 is 2.42 bits per heavy atom. The molecule has 19 heavy (non-hydrogen) atoms. The van der Waals surface area contributed by atoms with E-state index < -0.39 is 0 Å². The second kappa shape index (κ2) is 5.75. The van der Waals surface area contributed by atoms with Crippen LogP contribution >= 0.6 is 0 Å². The fraction of sp³-hybridized carbons (Fsp3) is 0.444. The van der Waals surface area contributed by atoms with E-state index in [4.69, 9.17) is 5.73 Å². The van der Waals surface area contributed by atoms with Crippen LogP contribution < -0.4 is 5.73 Å². The summed E-state index contributed by atoms with van der Waals surface area (Å²) < 4.78 is 0. The van der Waals surface area contributed by atoms with E-state index in [0.717, 1.165) is 12.8 Å². The van der Waals surface area contributed by atoms with Crippen molar-refractivity contribution in [3.05, 3.63) is 48.0 Å². The molecule has 0 saturated heterocycles. The summed E-state index contributed by atoms with van der Waals surface area (Å²) in [5.74, 6) is 0. The van der Waals surface area contributed by atoms with Crippen molar-refractivity contribution in [3.8, 4) is 0 Å². The van der Waals surface area contributed by atoms with Crippen molar-refractivity contribution in [1.29, 1.82) is 0 Å². The molecule has 102 valence electrons. The smallest absolute Gasteiger partial charge is 0.00797 e. The Labute approximate surface area is 116 Å². The molecule has 0 radical (unpaired) electrons. The predicted molar refractivity (Wildman–Crippen MR) is 84.3 cm³/mol. The molecule has 2 N–H and O–H groups in total. The molecule has 0 spiro atoms. The average Bonchev–Trinajstić information content (AvgIpc) is 2.36. The lowest BCUT2D eigenvalue weighted by Crippen LogP contribution is -2.24. The van der Waals surface area contributed by atoms with Gasteiger partial charge in [0, 0.05) is 6.04 Å². The summed E-state index contributed by atoms with van der Waals surface area (Å²) in [6.45, 7) is 6.83. The minimum Gasteiger partial charge on any atom is -0.327 e. The van der Waals surface area contributed by atoms with Crippen LogP contribution in [0.2, 0.25) is 0 Å². The first kappa shape index (κ1) is 14.1. The number of hydrogen-bond donors (Lipinski definition) is 1. The molecule has 2 aromatic rings. The van der Waals surface area contributed by atoms with Crippen LogP contribution in [-0.2, 0) is 6.42 Å². The van der Waals surface area contributed by atoms with Crippen LogP contribution in [0.25, 0.3) is 10.8 Å². The highest BCUT2D eigenvalue weighted by atomic mass is 14.6. The van der Waals surface area contributed by atoms with Gasteiger partial charge in [-0.05, 0) is 41.0 Å². The van der Waals surface area contributed by atoms with Crippen molar-refractivity contribution in [3.63, 3.8) is 0 Å². The van der Waals surface area contributed by atoms with Gasteiger partial charge in [0.1, 0.15) is 0 Å². The summed E-state index contributed by atoms with van der Waals surface area (Å²) in [5.41, 5.74) is 8.05. The van der Waals surface area contributed by atoms with Crippen molar-refractivity contribution in [2.75, 3.05) is 0 Å². The Balaban J connectivity index is 2.09. The maximum atomic E-state index is 6.30. The lowest BCUT2D eigenvalue weighted by molar-refractivity contribution is 0.347. The maximum Gasteiger partial charge on any atom is 0.00797 e. The first-order chi connectivity index (χ1) is 8.96.